The third kappa shape index (κ3) is 3.61. The first-order valence-corrected chi connectivity index (χ1v) is 6.40. The molecule has 0 aromatic heterocycles. The van der Waals surface area contributed by atoms with Crippen molar-refractivity contribution in [1.29, 1.82) is 0 Å². The largest absolute Gasteiger partial charge is 0.480 e. The molecule has 2 amide bonds. The second-order valence-corrected chi connectivity index (χ2v) is 4.53. The fourth-order valence-corrected chi connectivity index (χ4v) is 2.31. The topological polar surface area (TPSA) is 69.6 Å². The highest BCUT2D eigenvalue weighted by atomic mass is 16.4. The zero-order chi connectivity index (χ0) is 12.8. The first-order chi connectivity index (χ1) is 8.10. The van der Waals surface area contributed by atoms with Crippen LogP contribution in [0.5, 0.6) is 0 Å². The van der Waals surface area contributed by atoms with E-state index in [0.717, 1.165) is 32.2 Å². The number of carbonyl (C=O) groups is 2. The number of rotatable bonds is 5. The van der Waals surface area contributed by atoms with Crippen LogP contribution in [0, 0.1) is 0 Å². The molecule has 1 saturated heterocycles. The van der Waals surface area contributed by atoms with Crippen molar-refractivity contribution < 1.29 is 14.7 Å². The zero-order valence-electron chi connectivity index (χ0n) is 10.6. The number of carboxylic acids is 1. The van der Waals surface area contributed by atoms with Crippen molar-refractivity contribution in [1.82, 2.24) is 10.2 Å². The maximum atomic E-state index is 12.0. The van der Waals surface area contributed by atoms with Gasteiger partial charge in [-0.05, 0) is 25.7 Å². The monoisotopic (exact) mass is 242 g/mol. The molecular weight excluding hydrogens is 220 g/mol. The molecule has 17 heavy (non-hydrogen) atoms. The SMILES string of the molecule is CCCC(NC(=O)N1CCCC1CC)C(=O)O. The van der Waals surface area contributed by atoms with Gasteiger partial charge in [0.15, 0.2) is 0 Å². The Labute approximate surface area is 102 Å². The van der Waals surface area contributed by atoms with Crippen LogP contribution in [-0.4, -0.2) is 40.6 Å². The quantitative estimate of drug-likeness (QED) is 0.772. The molecule has 1 heterocycles. The van der Waals surface area contributed by atoms with Gasteiger partial charge in [-0.1, -0.05) is 20.3 Å². The molecule has 0 radical (unpaired) electrons. The molecule has 2 atom stereocenters. The van der Waals surface area contributed by atoms with Crippen molar-refractivity contribution in [2.45, 2.75) is 58.0 Å². The third-order valence-corrected chi connectivity index (χ3v) is 3.28. The molecule has 2 N–H and O–H groups in total. The van der Waals surface area contributed by atoms with Crippen molar-refractivity contribution in [2.75, 3.05) is 6.54 Å². The lowest BCUT2D eigenvalue weighted by atomic mass is 10.1. The summed E-state index contributed by atoms with van der Waals surface area (Å²) in [6, 6.07) is -0.716. The molecule has 1 aliphatic heterocycles. The van der Waals surface area contributed by atoms with E-state index in [9.17, 15) is 9.59 Å². The van der Waals surface area contributed by atoms with E-state index in [1.165, 1.54) is 0 Å². The summed E-state index contributed by atoms with van der Waals surface area (Å²) in [5.41, 5.74) is 0. The minimum absolute atomic E-state index is 0.227. The van der Waals surface area contributed by atoms with Gasteiger partial charge in [0.25, 0.3) is 0 Å². The smallest absolute Gasteiger partial charge is 0.326 e. The van der Waals surface area contributed by atoms with E-state index in [1.807, 2.05) is 6.92 Å². The number of nitrogens with one attached hydrogen (secondary N) is 1. The fourth-order valence-electron chi connectivity index (χ4n) is 2.31. The van der Waals surface area contributed by atoms with Gasteiger partial charge in [-0.15, -0.1) is 0 Å². The number of aliphatic carboxylic acids is 1. The van der Waals surface area contributed by atoms with E-state index < -0.39 is 12.0 Å². The van der Waals surface area contributed by atoms with Gasteiger partial charge in [0, 0.05) is 12.6 Å². The Morgan fingerprint density at radius 1 is 1.47 bits per heavy atom. The number of likely N-dealkylation sites (tertiary alicyclic amines) is 1. The fraction of sp³-hybridized carbons (Fsp3) is 0.833. The van der Waals surface area contributed by atoms with Gasteiger partial charge in [-0.25, -0.2) is 9.59 Å². The van der Waals surface area contributed by atoms with Crippen molar-refractivity contribution in [3.63, 3.8) is 0 Å². The van der Waals surface area contributed by atoms with Crippen LogP contribution in [0.2, 0.25) is 0 Å². The third-order valence-electron chi connectivity index (χ3n) is 3.28. The summed E-state index contributed by atoms with van der Waals surface area (Å²) in [6.07, 6.45) is 4.19. The molecule has 5 nitrogen and oxygen atoms in total. The first-order valence-electron chi connectivity index (χ1n) is 6.40. The summed E-state index contributed by atoms with van der Waals surface area (Å²) in [7, 11) is 0. The van der Waals surface area contributed by atoms with E-state index in [0.29, 0.717) is 6.42 Å². The highest BCUT2D eigenvalue weighted by Gasteiger charge is 2.29. The van der Waals surface area contributed by atoms with Gasteiger partial charge in [0.05, 0.1) is 0 Å². The molecule has 1 fully saturated rings. The number of amides is 2. The first kappa shape index (κ1) is 13.8. The van der Waals surface area contributed by atoms with Gasteiger partial charge >= 0.3 is 12.0 Å². The summed E-state index contributed by atoms with van der Waals surface area (Å²) >= 11 is 0. The number of carboxylic acid groups (broad SMARTS) is 1. The lowest BCUT2D eigenvalue weighted by molar-refractivity contribution is -0.139. The normalized spacial score (nSPS) is 21.3. The van der Waals surface area contributed by atoms with E-state index in [1.54, 1.807) is 4.90 Å². The van der Waals surface area contributed by atoms with Gasteiger partial charge in [-0.3, -0.25) is 0 Å². The average molecular weight is 242 g/mol. The maximum Gasteiger partial charge on any atom is 0.326 e. The highest BCUT2D eigenvalue weighted by molar-refractivity contribution is 5.82. The summed E-state index contributed by atoms with van der Waals surface area (Å²) in [4.78, 5) is 24.7. The van der Waals surface area contributed by atoms with Crippen LogP contribution in [-0.2, 0) is 4.79 Å². The minimum Gasteiger partial charge on any atom is -0.480 e. The van der Waals surface area contributed by atoms with Crippen LogP contribution in [0.3, 0.4) is 0 Å². The molecule has 0 aromatic rings. The van der Waals surface area contributed by atoms with Crippen molar-refractivity contribution in [2.24, 2.45) is 0 Å². The second kappa shape index (κ2) is 6.47. The van der Waals surface area contributed by atoms with Crippen LogP contribution in [0.25, 0.3) is 0 Å². The average Bonchev–Trinajstić information content (AvgIpc) is 2.76. The Morgan fingerprint density at radius 3 is 2.71 bits per heavy atom. The van der Waals surface area contributed by atoms with Crippen LogP contribution >= 0.6 is 0 Å². The molecule has 2 unspecified atom stereocenters. The van der Waals surface area contributed by atoms with Crippen LogP contribution in [0.1, 0.15) is 46.0 Å². The summed E-state index contributed by atoms with van der Waals surface area (Å²) in [5, 5.41) is 11.6. The molecule has 0 aromatic carbocycles. The Hall–Kier alpha value is -1.26. The Morgan fingerprint density at radius 2 is 2.18 bits per heavy atom. The van der Waals surface area contributed by atoms with E-state index >= 15 is 0 Å². The van der Waals surface area contributed by atoms with Crippen LogP contribution in [0.15, 0.2) is 0 Å². The van der Waals surface area contributed by atoms with Crippen molar-refractivity contribution >= 4 is 12.0 Å². The Bertz CT molecular complexity index is 281. The van der Waals surface area contributed by atoms with E-state index in [-0.39, 0.29) is 12.1 Å². The molecule has 1 aliphatic rings. The van der Waals surface area contributed by atoms with Crippen molar-refractivity contribution in [3.05, 3.63) is 0 Å². The number of nitrogens with zero attached hydrogens (tertiary/aromatic N) is 1. The van der Waals surface area contributed by atoms with E-state index in [2.05, 4.69) is 12.2 Å². The molecule has 98 valence electrons. The molecule has 0 bridgehead atoms. The molecule has 0 saturated carbocycles. The lowest BCUT2D eigenvalue weighted by Gasteiger charge is -2.25. The predicted octanol–water partition coefficient (Wildman–Crippen LogP) is 1.82. The molecular formula is C12H22N2O3. The van der Waals surface area contributed by atoms with Crippen LogP contribution < -0.4 is 5.32 Å². The summed E-state index contributed by atoms with van der Waals surface area (Å²) < 4.78 is 0. The van der Waals surface area contributed by atoms with Gasteiger partial charge in [0.2, 0.25) is 0 Å². The zero-order valence-corrected chi connectivity index (χ0v) is 10.6. The van der Waals surface area contributed by atoms with Gasteiger partial charge in [0.1, 0.15) is 6.04 Å². The maximum absolute atomic E-state index is 12.0. The molecule has 5 heteroatoms. The molecule has 0 spiro atoms. The summed E-state index contributed by atoms with van der Waals surface area (Å²) in [5.74, 6) is -0.951. The van der Waals surface area contributed by atoms with Gasteiger partial charge in [-0.2, -0.15) is 0 Å². The lowest BCUT2D eigenvalue weighted by Crippen LogP contribution is -2.49. The number of urea groups is 1. The number of hydrogen-bond acceptors (Lipinski definition) is 2. The van der Waals surface area contributed by atoms with Gasteiger partial charge < -0.3 is 15.3 Å². The van der Waals surface area contributed by atoms with Crippen molar-refractivity contribution in [3.8, 4) is 0 Å². The van der Waals surface area contributed by atoms with Crippen LogP contribution in [0.4, 0.5) is 4.79 Å². The molecule has 0 aliphatic carbocycles. The number of hydrogen-bond donors (Lipinski definition) is 2. The standard InChI is InChI=1S/C12H22N2O3/c1-3-6-10(11(15)16)13-12(17)14-8-5-7-9(14)4-2/h9-10H,3-8H2,1-2H3,(H,13,17)(H,15,16). The predicted molar refractivity (Wildman–Crippen MR) is 64.9 cm³/mol. The van der Waals surface area contributed by atoms with E-state index in [4.69, 9.17) is 5.11 Å². The highest BCUT2D eigenvalue weighted by Crippen LogP contribution is 2.19. The Balaban J connectivity index is 2.54. The number of carbonyl (C=O) groups excluding carboxylic acids is 1. The summed E-state index contributed by atoms with van der Waals surface area (Å²) in [6.45, 7) is 4.70. The Kier molecular flexibility index (Phi) is 5.25. The minimum atomic E-state index is -0.951. The molecule has 1 rings (SSSR count). The second-order valence-electron chi connectivity index (χ2n) is 4.53.